The zero-order valence-electron chi connectivity index (χ0n) is 13.4. The Morgan fingerprint density at radius 3 is 2.43 bits per heavy atom. The van der Waals surface area contributed by atoms with Gasteiger partial charge in [-0.3, -0.25) is 4.90 Å². The van der Waals surface area contributed by atoms with E-state index in [0.29, 0.717) is 12.1 Å². The third-order valence-electron chi connectivity index (χ3n) is 5.34. The lowest BCUT2D eigenvalue weighted by atomic mass is 9.81. The third-order valence-corrected chi connectivity index (χ3v) is 5.34. The van der Waals surface area contributed by atoms with E-state index < -0.39 is 0 Å². The second-order valence-corrected chi connectivity index (χ2v) is 7.01. The van der Waals surface area contributed by atoms with Crippen LogP contribution in [0.2, 0.25) is 0 Å². The van der Waals surface area contributed by atoms with Crippen molar-refractivity contribution in [3.8, 4) is 0 Å². The van der Waals surface area contributed by atoms with Crippen molar-refractivity contribution in [2.24, 2.45) is 5.92 Å². The average molecular weight is 286 g/mol. The smallest absolute Gasteiger partial charge is 0.0472 e. The summed E-state index contributed by atoms with van der Waals surface area (Å²) in [4.78, 5) is 2.67. The largest absolute Gasteiger partial charge is 0.312 e. The minimum atomic E-state index is 0.553. The summed E-state index contributed by atoms with van der Waals surface area (Å²) in [6, 6.07) is 12.3. The SMILES string of the molecule is CC(CC1CCC1)NCC(c1ccccc1)N1CCCC1. The molecular weight excluding hydrogens is 256 g/mol. The Labute approximate surface area is 129 Å². The highest BCUT2D eigenvalue weighted by atomic mass is 15.2. The number of rotatable bonds is 7. The second-order valence-electron chi connectivity index (χ2n) is 7.01. The van der Waals surface area contributed by atoms with Crippen LogP contribution < -0.4 is 5.32 Å². The maximum atomic E-state index is 3.82. The van der Waals surface area contributed by atoms with E-state index in [4.69, 9.17) is 0 Å². The van der Waals surface area contributed by atoms with Gasteiger partial charge in [0.15, 0.2) is 0 Å². The van der Waals surface area contributed by atoms with E-state index in [0.717, 1.165) is 12.5 Å². The molecule has 1 heterocycles. The molecular formula is C19H30N2. The molecule has 1 saturated carbocycles. The summed E-state index contributed by atoms with van der Waals surface area (Å²) in [7, 11) is 0. The molecule has 2 unspecified atom stereocenters. The van der Waals surface area contributed by atoms with E-state index >= 15 is 0 Å². The van der Waals surface area contributed by atoms with E-state index in [2.05, 4.69) is 47.5 Å². The number of benzene rings is 1. The second kappa shape index (κ2) is 7.42. The Bertz CT molecular complexity index is 407. The lowest BCUT2D eigenvalue weighted by Crippen LogP contribution is -2.38. The predicted octanol–water partition coefficient (Wildman–Crippen LogP) is 3.99. The van der Waals surface area contributed by atoms with Crippen LogP contribution in [0.15, 0.2) is 30.3 Å². The van der Waals surface area contributed by atoms with Crippen molar-refractivity contribution in [2.45, 2.75) is 57.5 Å². The van der Waals surface area contributed by atoms with Crippen molar-refractivity contribution in [2.75, 3.05) is 19.6 Å². The predicted molar refractivity (Wildman–Crippen MR) is 89.4 cm³/mol. The first kappa shape index (κ1) is 15.1. The molecule has 0 bridgehead atoms. The maximum absolute atomic E-state index is 3.82. The standard InChI is InChI=1S/C19H30N2/c1-16(14-17-8-7-9-17)20-15-19(21-12-5-6-13-21)18-10-3-2-4-11-18/h2-4,10-11,16-17,19-20H,5-9,12-15H2,1H3. The Kier molecular flexibility index (Phi) is 5.32. The van der Waals surface area contributed by atoms with Gasteiger partial charge in [-0.15, -0.1) is 0 Å². The van der Waals surface area contributed by atoms with Crippen molar-refractivity contribution < 1.29 is 0 Å². The van der Waals surface area contributed by atoms with E-state index in [1.807, 2.05) is 0 Å². The molecule has 1 aliphatic carbocycles. The molecule has 1 aromatic rings. The molecule has 21 heavy (non-hydrogen) atoms. The molecule has 2 aliphatic rings. The van der Waals surface area contributed by atoms with Crippen molar-refractivity contribution in [3.05, 3.63) is 35.9 Å². The van der Waals surface area contributed by atoms with Crippen molar-refractivity contribution in [1.82, 2.24) is 10.2 Å². The van der Waals surface area contributed by atoms with Crippen LogP contribution in [-0.4, -0.2) is 30.6 Å². The van der Waals surface area contributed by atoms with Gasteiger partial charge in [0.1, 0.15) is 0 Å². The first-order chi connectivity index (χ1) is 10.3. The van der Waals surface area contributed by atoms with E-state index in [-0.39, 0.29) is 0 Å². The van der Waals surface area contributed by atoms with Gasteiger partial charge in [-0.05, 0) is 50.8 Å². The number of likely N-dealkylation sites (tertiary alicyclic amines) is 1. The van der Waals surface area contributed by atoms with Crippen LogP contribution in [0.5, 0.6) is 0 Å². The Morgan fingerprint density at radius 2 is 1.81 bits per heavy atom. The fraction of sp³-hybridized carbons (Fsp3) is 0.684. The summed E-state index contributed by atoms with van der Waals surface area (Å²) in [6.45, 7) is 5.98. The summed E-state index contributed by atoms with van der Waals surface area (Å²) in [5.74, 6) is 0.995. The normalized spacial score (nSPS) is 22.9. The maximum Gasteiger partial charge on any atom is 0.0472 e. The monoisotopic (exact) mass is 286 g/mol. The van der Waals surface area contributed by atoms with Gasteiger partial charge in [0.05, 0.1) is 0 Å². The number of hydrogen-bond acceptors (Lipinski definition) is 2. The van der Waals surface area contributed by atoms with Gasteiger partial charge in [0.25, 0.3) is 0 Å². The molecule has 1 saturated heterocycles. The van der Waals surface area contributed by atoms with E-state index in [9.17, 15) is 0 Å². The summed E-state index contributed by atoms with van der Waals surface area (Å²) >= 11 is 0. The van der Waals surface area contributed by atoms with Gasteiger partial charge in [0, 0.05) is 18.6 Å². The summed E-state index contributed by atoms with van der Waals surface area (Å²) in [5.41, 5.74) is 1.47. The number of nitrogens with zero attached hydrogens (tertiary/aromatic N) is 1. The van der Waals surface area contributed by atoms with Crippen LogP contribution in [0.1, 0.15) is 57.1 Å². The van der Waals surface area contributed by atoms with Crippen LogP contribution in [-0.2, 0) is 0 Å². The molecule has 1 aromatic carbocycles. The third kappa shape index (κ3) is 4.08. The molecule has 2 fully saturated rings. The van der Waals surface area contributed by atoms with Gasteiger partial charge in [-0.2, -0.15) is 0 Å². The van der Waals surface area contributed by atoms with Gasteiger partial charge < -0.3 is 5.32 Å². The Hall–Kier alpha value is -0.860. The molecule has 0 amide bonds. The van der Waals surface area contributed by atoms with Gasteiger partial charge in [0.2, 0.25) is 0 Å². The first-order valence-corrected chi connectivity index (χ1v) is 8.85. The molecule has 2 nitrogen and oxygen atoms in total. The zero-order valence-corrected chi connectivity index (χ0v) is 13.4. The van der Waals surface area contributed by atoms with Crippen LogP contribution in [0.4, 0.5) is 0 Å². The lowest BCUT2D eigenvalue weighted by molar-refractivity contribution is 0.219. The molecule has 1 N–H and O–H groups in total. The lowest BCUT2D eigenvalue weighted by Gasteiger charge is -2.32. The molecule has 1 aliphatic heterocycles. The highest BCUT2D eigenvalue weighted by Crippen LogP contribution is 2.30. The highest BCUT2D eigenvalue weighted by Gasteiger charge is 2.25. The van der Waals surface area contributed by atoms with Crippen LogP contribution in [0.3, 0.4) is 0 Å². The van der Waals surface area contributed by atoms with E-state index in [1.54, 1.807) is 0 Å². The molecule has 116 valence electrons. The van der Waals surface area contributed by atoms with Crippen molar-refractivity contribution in [3.63, 3.8) is 0 Å². The van der Waals surface area contributed by atoms with Crippen molar-refractivity contribution >= 4 is 0 Å². The minimum absolute atomic E-state index is 0.553. The van der Waals surface area contributed by atoms with Gasteiger partial charge in [-0.1, -0.05) is 49.6 Å². The summed E-state index contributed by atoms with van der Waals surface area (Å²) < 4.78 is 0. The highest BCUT2D eigenvalue weighted by molar-refractivity contribution is 5.19. The minimum Gasteiger partial charge on any atom is -0.312 e. The van der Waals surface area contributed by atoms with Gasteiger partial charge >= 0.3 is 0 Å². The van der Waals surface area contributed by atoms with Crippen LogP contribution in [0.25, 0.3) is 0 Å². The fourth-order valence-corrected chi connectivity index (χ4v) is 3.81. The first-order valence-electron chi connectivity index (χ1n) is 8.85. The molecule has 0 radical (unpaired) electrons. The van der Waals surface area contributed by atoms with Crippen molar-refractivity contribution in [1.29, 1.82) is 0 Å². The van der Waals surface area contributed by atoms with Crippen LogP contribution >= 0.6 is 0 Å². The number of nitrogens with one attached hydrogen (secondary N) is 1. The quantitative estimate of drug-likeness (QED) is 0.815. The Balaban J connectivity index is 1.56. The Morgan fingerprint density at radius 1 is 1.10 bits per heavy atom. The fourth-order valence-electron chi connectivity index (χ4n) is 3.81. The average Bonchev–Trinajstić information content (AvgIpc) is 2.98. The molecule has 3 rings (SSSR count). The topological polar surface area (TPSA) is 15.3 Å². The number of hydrogen-bond donors (Lipinski definition) is 1. The molecule has 2 atom stereocenters. The zero-order chi connectivity index (χ0) is 14.5. The molecule has 2 heteroatoms. The summed E-state index contributed by atoms with van der Waals surface area (Å²) in [6.07, 6.45) is 8.46. The van der Waals surface area contributed by atoms with Gasteiger partial charge in [-0.25, -0.2) is 0 Å². The van der Waals surface area contributed by atoms with Crippen LogP contribution in [0, 0.1) is 5.92 Å². The summed E-state index contributed by atoms with van der Waals surface area (Å²) in [5, 5.41) is 3.82. The molecule has 0 spiro atoms. The van der Waals surface area contributed by atoms with E-state index in [1.165, 1.54) is 57.2 Å². The molecule has 0 aromatic heterocycles.